The molecule has 0 spiro atoms. The number of hydrogen-bond donors (Lipinski definition) is 0. The topological polar surface area (TPSA) is 0 Å². The fourth-order valence-corrected chi connectivity index (χ4v) is 4.96. The number of fused-ring (bicyclic) bond motifs is 1. The minimum Gasteiger partial charge on any atom is -0.206 e. The van der Waals surface area contributed by atoms with E-state index in [4.69, 9.17) is 11.6 Å². The van der Waals surface area contributed by atoms with E-state index in [0.29, 0.717) is 35.3 Å². The highest BCUT2D eigenvalue weighted by atomic mass is 35.5. The summed E-state index contributed by atoms with van der Waals surface area (Å²) in [4.78, 5) is 0. The van der Waals surface area contributed by atoms with E-state index >= 15 is 4.39 Å². The molecule has 1 aliphatic carbocycles. The molecule has 0 nitrogen and oxygen atoms in total. The molecule has 168 valence electrons. The highest BCUT2D eigenvalue weighted by molar-refractivity contribution is 6.30. The highest BCUT2D eigenvalue weighted by Crippen LogP contribution is 2.32. The van der Waals surface area contributed by atoms with Gasteiger partial charge in [0.15, 0.2) is 0 Å². The Labute approximate surface area is 193 Å². The Balaban J connectivity index is 1.41. The van der Waals surface area contributed by atoms with Crippen LogP contribution in [0.4, 0.5) is 13.2 Å². The van der Waals surface area contributed by atoms with E-state index in [2.05, 4.69) is 18.7 Å². The SMILES string of the molecule is C=CC1CCC(CCc2ccc3c(F)c(CCc4cc(F)c(Cl)c(F)c4)ccc3c2)CC1. The smallest absolute Gasteiger partial charge is 0.145 e. The van der Waals surface area contributed by atoms with Crippen LogP contribution in [-0.4, -0.2) is 0 Å². The fraction of sp³-hybridized carbons (Fsp3) is 0.357. The monoisotopic (exact) mass is 456 g/mol. The number of benzene rings is 3. The van der Waals surface area contributed by atoms with E-state index in [0.717, 1.165) is 17.7 Å². The van der Waals surface area contributed by atoms with Crippen LogP contribution >= 0.6 is 11.6 Å². The lowest BCUT2D eigenvalue weighted by Gasteiger charge is -2.26. The molecule has 4 heteroatoms. The third-order valence-electron chi connectivity index (χ3n) is 6.89. The lowest BCUT2D eigenvalue weighted by Crippen LogP contribution is -2.13. The molecule has 0 amide bonds. The van der Waals surface area contributed by atoms with Crippen molar-refractivity contribution in [2.75, 3.05) is 0 Å². The summed E-state index contributed by atoms with van der Waals surface area (Å²) in [5, 5.41) is 0.972. The summed E-state index contributed by atoms with van der Waals surface area (Å²) in [6, 6.07) is 12.1. The van der Waals surface area contributed by atoms with Crippen LogP contribution < -0.4 is 0 Å². The van der Waals surface area contributed by atoms with Crippen molar-refractivity contribution in [1.29, 1.82) is 0 Å². The van der Waals surface area contributed by atoms with Crippen LogP contribution in [0.2, 0.25) is 5.02 Å². The van der Waals surface area contributed by atoms with E-state index < -0.39 is 16.7 Å². The van der Waals surface area contributed by atoms with Gasteiger partial charge in [-0.25, -0.2) is 13.2 Å². The van der Waals surface area contributed by atoms with Crippen molar-refractivity contribution in [3.63, 3.8) is 0 Å². The zero-order chi connectivity index (χ0) is 22.7. The summed E-state index contributed by atoms with van der Waals surface area (Å²) in [5.41, 5.74) is 2.24. The van der Waals surface area contributed by atoms with Crippen LogP contribution in [0.5, 0.6) is 0 Å². The van der Waals surface area contributed by atoms with Crippen molar-refractivity contribution >= 4 is 22.4 Å². The van der Waals surface area contributed by atoms with Gasteiger partial charge in [0.2, 0.25) is 0 Å². The van der Waals surface area contributed by atoms with Gasteiger partial charge in [-0.15, -0.1) is 6.58 Å². The van der Waals surface area contributed by atoms with Crippen LogP contribution in [0.3, 0.4) is 0 Å². The first-order valence-corrected chi connectivity index (χ1v) is 11.8. The molecule has 3 aromatic rings. The predicted molar refractivity (Wildman–Crippen MR) is 127 cm³/mol. The third-order valence-corrected chi connectivity index (χ3v) is 7.25. The maximum absolute atomic E-state index is 15.1. The molecule has 0 atom stereocenters. The van der Waals surface area contributed by atoms with E-state index in [1.807, 2.05) is 18.2 Å². The number of halogens is 4. The summed E-state index contributed by atoms with van der Waals surface area (Å²) in [7, 11) is 0. The van der Waals surface area contributed by atoms with Crippen molar-refractivity contribution in [2.24, 2.45) is 11.8 Å². The Morgan fingerprint density at radius 3 is 2.25 bits per heavy atom. The van der Waals surface area contributed by atoms with Gasteiger partial charge in [0.1, 0.15) is 22.5 Å². The van der Waals surface area contributed by atoms with Gasteiger partial charge in [-0.3, -0.25) is 0 Å². The predicted octanol–water partition coefficient (Wildman–Crippen LogP) is 8.62. The molecular weight excluding hydrogens is 429 g/mol. The molecule has 1 aliphatic rings. The Bertz CT molecular complexity index is 1090. The number of allylic oxidation sites excluding steroid dienone is 1. The highest BCUT2D eigenvalue weighted by Gasteiger charge is 2.19. The van der Waals surface area contributed by atoms with Crippen LogP contribution in [0.15, 0.2) is 55.1 Å². The van der Waals surface area contributed by atoms with Gasteiger partial charge in [-0.1, -0.05) is 48.0 Å². The van der Waals surface area contributed by atoms with Crippen LogP contribution in [0.1, 0.15) is 48.8 Å². The minimum atomic E-state index is -0.790. The normalized spacial score (nSPS) is 18.8. The lowest BCUT2D eigenvalue weighted by molar-refractivity contribution is 0.296. The van der Waals surface area contributed by atoms with Gasteiger partial charge in [0, 0.05) is 5.39 Å². The quantitative estimate of drug-likeness (QED) is 0.246. The van der Waals surface area contributed by atoms with Crippen LogP contribution in [0, 0.1) is 29.3 Å². The summed E-state index contributed by atoms with van der Waals surface area (Å²) >= 11 is 5.53. The molecule has 0 aliphatic heterocycles. The van der Waals surface area contributed by atoms with Crippen molar-refractivity contribution in [1.82, 2.24) is 0 Å². The van der Waals surface area contributed by atoms with Gasteiger partial charge < -0.3 is 0 Å². The van der Waals surface area contributed by atoms with Gasteiger partial charge in [-0.05, 0) is 97.4 Å². The summed E-state index contributed by atoms with van der Waals surface area (Å²) in [6.07, 6.45) is 9.99. The van der Waals surface area contributed by atoms with Gasteiger partial charge in [0.25, 0.3) is 0 Å². The average Bonchev–Trinajstić information content (AvgIpc) is 2.81. The molecular formula is C28H28ClF3. The number of aryl methyl sites for hydroxylation is 3. The average molecular weight is 457 g/mol. The standard InChI is InChI=1S/C28H28ClF3/c1-2-18-3-5-19(6-4-18)7-8-20-10-14-24-23(15-20)13-12-22(28(24)32)11-9-21-16-25(30)27(29)26(31)17-21/h2,10,12-19H,1,3-9,11H2. The van der Waals surface area contributed by atoms with Crippen molar-refractivity contribution in [2.45, 2.75) is 51.4 Å². The second-order valence-electron chi connectivity index (χ2n) is 9.02. The maximum Gasteiger partial charge on any atom is 0.145 e. The summed E-state index contributed by atoms with van der Waals surface area (Å²) < 4.78 is 42.4. The van der Waals surface area contributed by atoms with Crippen molar-refractivity contribution < 1.29 is 13.2 Å². The van der Waals surface area contributed by atoms with Crippen molar-refractivity contribution in [3.8, 4) is 0 Å². The molecule has 3 aromatic carbocycles. The zero-order valence-electron chi connectivity index (χ0n) is 18.1. The first-order chi connectivity index (χ1) is 15.4. The molecule has 0 unspecified atom stereocenters. The first-order valence-electron chi connectivity index (χ1n) is 11.4. The molecule has 1 saturated carbocycles. The van der Waals surface area contributed by atoms with Gasteiger partial charge in [-0.2, -0.15) is 0 Å². The van der Waals surface area contributed by atoms with E-state index in [1.165, 1.54) is 49.8 Å². The Morgan fingerprint density at radius 1 is 0.844 bits per heavy atom. The second kappa shape index (κ2) is 10.1. The van der Waals surface area contributed by atoms with Gasteiger partial charge in [0.05, 0.1) is 0 Å². The molecule has 0 heterocycles. The lowest BCUT2D eigenvalue weighted by atomic mass is 9.79. The van der Waals surface area contributed by atoms with E-state index in [9.17, 15) is 8.78 Å². The fourth-order valence-electron chi connectivity index (χ4n) is 4.85. The largest absolute Gasteiger partial charge is 0.206 e. The van der Waals surface area contributed by atoms with Crippen LogP contribution in [0.25, 0.3) is 10.8 Å². The molecule has 0 radical (unpaired) electrons. The van der Waals surface area contributed by atoms with E-state index in [1.54, 1.807) is 6.07 Å². The maximum atomic E-state index is 15.1. The zero-order valence-corrected chi connectivity index (χ0v) is 18.9. The Morgan fingerprint density at radius 2 is 1.56 bits per heavy atom. The van der Waals surface area contributed by atoms with Crippen molar-refractivity contribution in [3.05, 3.63) is 94.3 Å². The molecule has 0 N–H and O–H groups in total. The third kappa shape index (κ3) is 5.20. The second-order valence-corrected chi connectivity index (χ2v) is 9.40. The van der Waals surface area contributed by atoms with Gasteiger partial charge >= 0.3 is 0 Å². The Kier molecular flexibility index (Phi) is 7.25. The molecule has 1 fully saturated rings. The summed E-state index contributed by atoms with van der Waals surface area (Å²) in [5.74, 6) is -0.388. The molecule has 0 bridgehead atoms. The first kappa shape index (κ1) is 22.9. The molecule has 32 heavy (non-hydrogen) atoms. The molecule has 0 aromatic heterocycles. The molecule has 0 saturated heterocycles. The number of hydrogen-bond acceptors (Lipinski definition) is 0. The Hall–Kier alpha value is -2.26. The minimum absolute atomic E-state index is 0.258. The molecule has 4 rings (SSSR count). The number of rotatable bonds is 7. The summed E-state index contributed by atoms with van der Waals surface area (Å²) in [6.45, 7) is 3.92. The van der Waals surface area contributed by atoms with E-state index in [-0.39, 0.29) is 5.82 Å². The van der Waals surface area contributed by atoms with Crippen LogP contribution in [-0.2, 0) is 19.3 Å².